The topological polar surface area (TPSA) is 145 Å². The molecule has 2 atom stereocenters. The smallest absolute Gasteiger partial charge is 0.233 e. The predicted octanol–water partition coefficient (Wildman–Crippen LogP) is 0.179. The van der Waals surface area contributed by atoms with Gasteiger partial charge in [0.15, 0.2) is 5.82 Å². The van der Waals surface area contributed by atoms with Gasteiger partial charge in [0.2, 0.25) is 11.8 Å². The summed E-state index contributed by atoms with van der Waals surface area (Å²) in [5.74, 6) is -1.91. The van der Waals surface area contributed by atoms with Gasteiger partial charge in [0.05, 0.1) is 36.3 Å². The number of pyridine rings is 1. The summed E-state index contributed by atoms with van der Waals surface area (Å²) >= 11 is 0. The zero-order chi connectivity index (χ0) is 28.2. The number of hydrogen-bond acceptors (Lipinski definition) is 9. The third-order valence-electron chi connectivity index (χ3n) is 8.87. The van der Waals surface area contributed by atoms with Crippen LogP contribution in [0.3, 0.4) is 0 Å². The molecule has 0 radical (unpaired) electrons. The molecule has 1 aromatic heterocycles. The number of piperidine rings is 2. The second-order valence-corrected chi connectivity index (χ2v) is 11.6. The molecule has 40 heavy (non-hydrogen) atoms. The van der Waals surface area contributed by atoms with Crippen LogP contribution in [-0.2, 0) is 9.59 Å². The number of nitrogens with zero attached hydrogens (tertiary/aromatic N) is 4. The molecule has 7 N–H and O–H groups in total. The van der Waals surface area contributed by atoms with Gasteiger partial charge >= 0.3 is 0 Å². The van der Waals surface area contributed by atoms with Crippen LogP contribution in [0, 0.1) is 17.7 Å². The maximum absolute atomic E-state index is 15.1. The van der Waals surface area contributed by atoms with Gasteiger partial charge in [0, 0.05) is 51.2 Å². The molecule has 4 saturated heterocycles. The average Bonchev–Trinajstić information content (AvgIpc) is 3.45. The molecule has 4 aliphatic heterocycles. The zero-order valence-electron chi connectivity index (χ0n) is 23.0. The van der Waals surface area contributed by atoms with E-state index in [1.54, 1.807) is 0 Å². The fourth-order valence-corrected chi connectivity index (χ4v) is 6.65. The Bertz CT molecular complexity index is 1030. The van der Waals surface area contributed by atoms with Crippen molar-refractivity contribution in [1.82, 2.24) is 25.4 Å². The number of nitrogens with two attached hydrogens (primary N) is 2. The van der Waals surface area contributed by atoms with Crippen molar-refractivity contribution in [3.05, 3.63) is 18.2 Å². The Morgan fingerprint density at radius 2 is 1.70 bits per heavy atom. The normalized spacial score (nSPS) is 27.7. The standard InChI is InChI=1S/C27H43F2N9O2/c28-18-12-33-25(34-13-18)22(24(30)31)26(39)35-21-15-32-14-20(29)23(21)37-9-4-17(5-10-37)27(40)38-11-6-19(16-38)36-7-2-1-3-8-36/h14-15,17-19,22,24-25,33-34H,1-13,16,30-31H2,(H,35,39). The van der Waals surface area contributed by atoms with Crippen molar-refractivity contribution in [2.24, 2.45) is 23.3 Å². The van der Waals surface area contributed by atoms with E-state index in [0.717, 1.165) is 38.8 Å². The van der Waals surface area contributed by atoms with Crippen molar-refractivity contribution in [3.8, 4) is 0 Å². The number of halogens is 2. The number of carbonyl (C=O) groups excluding carboxylic acids is 2. The van der Waals surface area contributed by atoms with Crippen LogP contribution in [0.4, 0.5) is 20.2 Å². The number of amides is 2. The lowest BCUT2D eigenvalue weighted by Gasteiger charge is -2.37. The van der Waals surface area contributed by atoms with Gasteiger partial charge in [-0.3, -0.25) is 30.1 Å². The van der Waals surface area contributed by atoms with Crippen LogP contribution in [0.5, 0.6) is 0 Å². The van der Waals surface area contributed by atoms with Crippen molar-refractivity contribution in [3.63, 3.8) is 0 Å². The average molecular weight is 564 g/mol. The quantitative estimate of drug-likeness (QED) is 0.293. The number of likely N-dealkylation sites (tertiary alicyclic amines) is 2. The molecule has 0 aromatic carbocycles. The van der Waals surface area contributed by atoms with Gasteiger partial charge in [-0.15, -0.1) is 0 Å². The van der Waals surface area contributed by atoms with Crippen molar-refractivity contribution < 1.29 is 18.4 Å². The van der Waals surface area contributed by atoms with E-state index in [1.807, 2.05) is 9.80 Å². The van der Waals surface area contributed by atoms with E-state index in [1.165, 1.54) is 25.5 Å². The highest BCUT2D eigenvalue weighted by Gasteiger charge is 2.37. The number of aromatic nitrogens is 1. The van der Waals surface area contributed by atoms with E-state index in [0.29, 0.717) is 32.0 Å². The summed E-state index contributed by atoms with van der Waals surface area (Å²) in [4.78, 5) is 37.0. The number of hydrogen-bond donors (Lipinski definition) is 5. The van der Waals surface area contributed by atoms with Crippen LogP contribution in [-0.4, -0.2) is 104 Å². The summed E-state index contributed by atoms with van der Waals surface area (Å²) in [6, 6.07) is 0.462. The van der Waals surface area contributed by atoms with Gasteiger partial charge in [-0.1, -0.05) is 6.42 Å². The van der Waals surface area contributed by atoms with Crippen LogP contribution >= 0.6 is 0 Å². The van der Waals surface area contributed by atoms with E-state index >= 15 is 4.39 Å². The molecule has 0 saturated carbocycles. The summed E-state index contributed by atoms with van der Waals surface area (Å²) in [5, 5.41) is 8.60. The molecule has 0 aliphatic carbocycles. The second-order valence-electron chi connectivity index (χ2n) is 11.6. The maximum Gasteiger partial charge on any atom is 0.233 e. The molecule has 5 rings (SSSR count). The Labute approximate surface area is 234 Å². The summed E-state index contributed by atoms with van der Waals surface area (Å²) < 4.78 is 28.7. The number of alkyl halides is 1. The molecule has 2 amide bonds. The first-order chi connectivity index (χ1) is 19.3. The SMILES string of the molecule is NC(N)C(C(=O)Nc1cncc(F)c1N1CCC(C(=O)N2CCC(N3CCCCC3)C2)CC1)C1NCC(F)CN1. The second kappa shape index (κ2) is 13.0. The minimum Gasteiger partial charge on any atom is -0.367 e. The zero-order valence-corrected chi connectivity index (χ0v) is 23.0. The molecule has 2 unspecified atom stereocenters. The highest BCUT2D eigenvalue weighted by Crippen LogP contribution is 2.33. The van der Waals surface area contributed by atoms with E-state index < -0.39 is 36.1 Å². The predicted molar refractivity (Wildman–Crippen MR) is 149 cm³/mol. The van der Waals surface area contributed by atoms with Crippen LogP contribution in [0.1, 0.15) is 38.5 Å². The maximum atomic E-state index is 15.1. The fourth-order valence-electron chi connectivity index (χ4n) is 6.65. The van der Waals surface area contributed by atoms with Gasteiger partial charge in [0.25, 0.3) is 0 Å². The van der Waals surface area contributed by atoms with Crippen LogP contribution in [0.15, 0.2) is 12.4 Å². The molecular weight excluding hydrogens is 520 g/mol. The van der Waals surface area contributed by atoms with Crippen LogP contribution in [0.2, 0.25) is 0 Å². The first-order valence-corrected chi connectivity index (χ1v) is 14.7. The molecule has 4 fully saturated rings. The van der Waals surface area contributed by atoms with Gasteiger partial charge in [-0.2, -0.15) is 0 Å². The first-order valence-electron chi connectivity index (χ1n) is 14.7. The molecule has 1 aromatic rings. The number of carbonyl (C=O) groups is 2. The van der Waals surface area contributed by atoms with Crippen molar-refractivity contribution >= 4 is 23.2 Å². The Hall–Kier alpha value is -2.45. The fraction of sp³-hybridized carbons (Fsp3) is 0.741. The first kappa shape index (κ1) is 29.1. The van der Waals surface area contributed by atoms with Crippen molar-refractivity contribution in [2.45, 2.75) is 63.1 Å². The minimum atomic E-state index is -1.08. The Kier molecular flexibility index (Phi) is 9.46. The largest absolute Gasteiger partial charge is 0.367 e. The van der Waals surface area contributed by atoms with Gasteiger partial charge in [-0.25, -0.2) is 8.78 Å². The summed E-state index contributed by atoms with van der Waals surface area (Å²) in [6.45, 7) is 4.97. The number of nitrogens with one attached hydrogen (secondary N) is 3. The molecule has 222 valence electrons. The van der Waals surface area contributed by atoms with Gasteiger partial charge < -0.3 is 26.6 Å². The van der Waals surface area contributed by atoms with Crippen LogP contribution in [0.25, 0.3) is 0 Å². The van der Waals surface area contributed by atoms with Crippen molar-refractivity contribution in [1.29, 1.82) is 0 Å². The van der Waals surface area contributed by atoms with Crippen LogP contribution < -0.4 is 32.3 Å². The molecule has 4 aliphatic rings. The Morgan fingerprint density at radius 3 is 2.38 bits per heavy atom. The number of anilines is 2. The third kappa shape index (κ3) is 6.54. The minimum absolute atomic E-state index is 0.0743. The van der Waals surface area contributed by atoms with Crippen molar-refractivity contribution in [2.75, 3.05) is 62.6 Å². The molecule has 11 nitrogen and oxygen atoms in total. The lowest BCUT2D eigenvalue weighted by molar-refractivity contribution is -0.135. The molecular formula is C27H43F2N9O2. The molecule has 5 heterocycles. The van der Waals surface area contributed by atoms with E-state index in [2.05, 4.69) is 25.8 Å². The lowest BCUT2D eigenvalue weighted by Crippen LogP contribution is -2.64. The van der Waals surface area contributed by atoms with Gasteiger partial charge in [-0.05, 0) is 45.2 Å². The van der Waals surface area contributed by atoms with E-state index in [9.17, 15) is 14.0 Å². The lowest BCUT2D eigenvalue weighted by atomic mass is 9.94. The Morgan fingerprint density at radius 1 is 1.00 bits per heavy atom. The van der Waals surface area contributed by atoms with Gasteiger partial charge in [0.1, 0.15) is 11.9 Å². The highest BCUT2D eigenvalue weighted by molar-refractivity contribution is 5.96. The Balaban J connectivity index is 1.19. The summed E-state index contributed by atoms with van der Waals surface area (Å²) in [5.41, 5.74) is 12.3. The van der Waals surface area contributed by atoms with E-state index in [4.69, 9.17) is 11.5 Å². The summed E-state index contributed by atoms with van der Waals surface area (Å²) in [7, 11) is 0. The molecule has 13 heteroatoms. The summed E-state index contributed by atoms with van der Waals surface area (Å²) in [6.07, 6.45) is 5.80. The molecule has 0 spiro atoms. The monoisotopic (exact) mass is 563 g/mol. The van der Waals surface area contributed by atoms with E-state index in [-0.39, 0.29) is 36.3 Å². The number of rotatable bonds is 7. The third-order valence-corrected chi connectivity index (χ3v) is 8.87. The molecule has 0 bridgehead atoms. The highest BCUT2D eigenvalue weighted by atomic mass is 19.1.